The molecule has 21 heavy (non-hydrogen) atoms. The van der Waals surface area contributed by atoms with Crippen LogP contribution in [0.5, 0.6) is 5.75 Å². The van der Waals surface area contributed by atoms with Crippen LogP contribution in [0.1, 0.15) is 34.7 Å². The van der Waals surface area contributed by atoms with E-state index in [0.717, 1.165) is 22.3 Å². The van der Waals surface area contributed by atoms with Gasteiger partial charge in [-0.05, 0) is 48.0 Å². The molecule has 2 aromatic rings. The van der Waals surface area contributed by atoms with Crippen LogP contribution in [0.3, 0.4) is 0 Å². The van der Waals surface area contributed by atoms with E-state index in [-0.39, 0.29) is 11.9 Å². The molecule has 2 nitrogen and oxygen atoms in total. The van der Waals surface area contributed by atoms with Crippen LogP contribution in [0.4, 0.5) is 4.39 Å². The number of halogens is 2. The second-order valence-electron chi connectivity index (χ2n) is 4.83. The van der Waals surface area contributed by atoms with Crippen molar-refractivity contribution >= 4 is 27.3 Å². The highest BCUT2D eigenvalue weighted by atomic mass is 79.9. The number of methoxy groups -OCH3 is 1. The first-order chi connectivity index (χ1) is 10.1. The molecule has 0 saturated carbocycles. The molecule has 114 valence electrons. The summed E-state index contributed by atoms with van der Waals surface area (Å²) in [5, 5.41) is 3.43. The number of benzene rings is 1. The molecule has 1 aromatic heterocycles. The molecule has 2 rings (SSSR count). The van der Waals surface area contributed by atoms with Gasteiger partial charge in [0.2, 0.25) is 0 Å². The van der Waals surface area contributed by atoms with E-state index in [0.29, 0.717) is 11.3 Å². The Morgan fingerprint density at radius 3 is 2.67 bits per heavy atom. The standard InChI is InChI=1S/C16H19BrFNOS/c1-4-7-19-16(15-9-13(17)10(2)21-15)12-6-5-11(20-3)8-14(12)18/h5-6,8-9,16,19H,4,7H2,1-3H3. The highest BCUT2D eigenvalue weighted by Crippen LogP contribution is 2.35. The van der Waals surface area contributed by atoms with E-state index in [4.69, 9.17) is 4.74 Å². The summed E-state index contributed by atoms with van der Waals surface area (Å²) in [6.07, 6.45) is 1.000. The smallest absolute Gasteiger partial charge is 0.132 e. The number of aryl methyl sites for hydroxylation is 1. The number of ether oxygens (including phenoxy) is 1. The molecule has 0 fully saturated rings. The van der Waals surface area contributed by atoms with Crippen molar-refractivity contribution in [3.05, 3.63) is 49.9 Å². The van der Waals surface area contributed by atoms with E-state index in [9.17, 15) is 4.39 Å². The zero-order valence-corrected chi connectivity index (χ0v) is 14.8. The summed E-state index contributed by atoms with van der Waals surface area (Å²) >= 11 is 5.21. The van der Waals surface area contributed by atoms with Crippen molar-refractivity contribution in [2.24, 2.45) is 0 Å². The molecule has 0 spiro atoms. The summed E-state index contributed by atoms with van der Waals surface area (Å²) in [5.74, 6) is 0.291. The van der Waals surface area contributed by atoms with Gasteiger partial charge >= 0.3 is 0 Å². The van der Waals surface area contributed by atoms with Crippen LogP contribution in [0.25, 0.3) is 0 Å². The Bertz CT molecular complexity index is 595. The van der Waals surface area contributed by atoms with Crippen LogP contribution in [0.2, 0.25) is 0 Å². The lowest BCUT2D eigenvalue weighted by atomic mass is 10.0. The van der Waals surface area contributed by atoms with Crippen LogP contribution >= 0.6 is 27.3 Å². The molecule has 5 heteroatoms. The summed E-state index contributed by atoms with van der Waals surface area (Å²) in [6.45, 7) is 4.99. The van der Waals surface area contributed by atoms with E-state index < -0.39 is 0 Å². The first-order valence-corrected chi connectivity index (χ1v) is 8.50. The fourth-order valence-electron chi connectivity index (χ4n) is 2.15. The van der Waals surface area contributed by atoms with Crippen molar-refractivity contribution in [2.45, 2.75) is 26.3 Å². The summed E-state index contributed by atoms with van der Waals surface area (Å²) < 4.78 is 20.5. The molecular weight excluding hydrogens is 353 g/mol. The first kappa shape index (κ1) is 16.5. The maximum absolute atomic E-state index is 14.4. The van der Waals surface area contributed by atoms with E-state index >= 15 is 0 Å². The lowest BCUT2D eigenvalue weighted by molar-refractivity contribution is 0.410. The largest absolute Gasteiger partial charge is 0.497 e. The minimum absolute atomic E-state index is 0.133. The van der Waals surface area contributed by atoms with Crippen LogP contribution in [0.15, 0.2) is 28.7 Å². The lowest BCUT2D eigenvalue weighted by Crippen LogP contribution is -2.23. The molecule has 0 aliphatic rings. The first-order valence-electron chi connectivity index (χ1n) is 6.89. The Balaban J connectivity index is 2.40. The van der Waals surface area contributed by atoms with Gasteiger partial charge in [-0.2, -0.15) is 0 Å². The Morgan fingerprint density at radius 2 is 2.14 bits per heavy atom. The van der Waals surface area contributed by atoms with Gasteiger partial charge in [-0.1, -0.05) is 13.0 Å². The lowest BCUT2D eigenvalue weighted by Gasteiger charge is -2.19. The molecule has 0 saturated heterocycles. The highest BCUT2D eigenvalue weighted by molar-refractivity contribution is 9.10. The van der Waals surface area contributed by atoms with Crippen molar-refractivity contribution in [1.82, 2.24) is 5.32 Å². The van der Waals surface area contributed by atoms with Crippen LogP contribution in [-0.2, 0) is 0 Å². The number of thiophene rings is 1. The quantitative estimate of drug-likeness (QED) is 0.766. The Kier molecular flexibility index (Phi) is 5.79. The molecule has 0 bridgehead atoms. The zero-order valence-electron chi connectivity index (χ0n) is 12.4. The minimum Gasteiger partial charge on any atom is -0.497 e. The van der Waals surface area contributed by atoms with Crippen LogP contribution in [-0.4, -0.2) is 13.7 Å². The van der Waals surface area contributed by atoms with Crippen molar-refractivity contribution in [3.8, 4) is 5.75 Å². The van der Waals surface area contributed by atoms with Gasteiger partial charge in [-0.3, -0.25) is 0 Å². The van der Waals surface area contributed by atoms with Gasteiger partial charge in [0, 0.05) is 25.9 Å². The summed E-state index contributed by atoms with van der Waals surface area (Å²) in [4.78, 5) is 2.30. The normalized spacial score (nSPS) is 12.4. The molecule has 1 heterocycles. The maximum Gasteiger partial charge on any atom is 0.132 e. The van der Waals surface area contributed by atoms with Gasteiger partial charge in [0.15, 0.2) is 0 Å². The molecule has 1 N–H and O–H groups in total. The van der Waals surface area contributed by atoms with E-state index in [1.165, 1.54) is 10.9 Å². The molecule has 0 aliphatic heterocycles. The molecule has 0 amide bonds. The summed E-state index contributed by atoms with van der Waals surface area (Å²) in [7, 11) is 1.54. The molecule has 1 aromatic carbocycles. The van der Waals surface area contributed by atoms with Crippen molar-refractivity contribution in [1.29, 1.82) is 0 Å². The fraction of sp³-hybridized carbons (Fsp3) is 0.375. The Labute approximate surface area is 137 Å². The third-order valence-electron chi connectivity index (χ3n) is 3.28. The monoisotopic (exact) mass is 371 g/mol. The summed E-state index contributed by atoms with van der Waals surface area (Å²) in [6, 6.07) is 6.97. The molecule has 1 unspecified atom stereocenters. The number of rotatable bonds is 6. The second-order valence-corrected chi connectivity index (χ2v) is 6.97. The SMILES string of the molecule is CCCNC(c1cc(Br)c(C)s1)c1ccc(OC)cc1F. The van der Waals surface area contributed by atoms with E-state index in [1.807, 2.05) is 0 Å². The van der Waals surface area contributed by atoms with Gasteiger partial charge in [-0.25, -0.2) is 4.39 Å². The fourth-order valence-corrected chi connectivity index (χ4v) is 3.80. The third-order valence-corrected chi connectivity index (χ3v) is 5.48. The van der Waals surface area contributed by atoms with Crippen molar-refractivity contribution in [3.63, 3.8) is 0 Å². The van der Waals surface area contributed by atoms with Gasteiger partial charge < -0.3 is 10.1 Å². The van der Waals surface area contributed by atoms with Crippen LogP contribution < -0.4 is 10.1 Å². The number of nitrogens with one attached hydrogen (secondary N) is 1. The predicted octanol–water partition coefficient (Wildman–Crippen LogP) is 5.06. The number of hydrogen-bond acceptors (Lipinski definition) is 3. The van der Waals surface area contributed by atoms with E-state index in [1.54, 1.807) is 30.6 Å². The predicted molar refractivity (Wildman–Crippen MR) is 89.8 cm³/mol. The molecule has 0 radical (unpaired) electrons. The molecule has 0 aliphatic carbocycles. The van der Waals surface area contributed by atoms with Crippen molar-refractivity contribution < 1.29 is 9.13 Å². The Morgan fingerprint density at radius 1 is 1.38 bits per heavy atom. The minimum atomic E-state index is -0.245. The number of hydrogen-bond donors (Lipinski definition) is 1. The van der Waals surface area contributed by atoms with E-state index in [2.05, 4.69) is 41.2 Å². The van der Waals surface area contributed by atoms with Crippen LogP contribution in [0, 0.1) is 12.7 Å². The Hall–Kier alpha value is -0.910. The second kappa shape index (κ2) is 7.38. The molecular formula is C16H19BrFNOS. The summed E-state index contributed by atoms with van der Waals surface area (Å²) in [5.41, 5.74) is 0.651. The average Bonchev–Trinajstić information content (AvgIpc) is 2.80. The van der Waals surface area contributed by atoms with Gasteiger partial charge in [0.05, 0.1) is 13.2 Å². The average molecular weight is 372 g/mol. The van der Waals surface area contributed by atoms with Crippen molar-refractivity contribution in [2.75, 3.05) is 13.7 Å². The zero-order chi connectivity index (χ0) is 15.4. The third kappa shape index (κ3) is 3.84. The van der Waals surface area contributed by atoms with Gasteiger partial charge in [-0.15, -0.1) is 11.3 Å². The van der Waals surface area contributed by atoms with Gasteiger partial charge in [0.1, 0.15) is 11.6 Å². The topological polar surface area (TPSA) is 21.3 Å². The maximum atomic E-state index is 14.4. The highest BCUT2D eigenvalue weighted by Gasteiger charge is 2.20. The molecule has 1 atom stereocenters. The van der Waals surface area contributed by atoms with Gasteiger partial charge in [0.25, 0.3) is 0 Å².